The fourth-order valence-electron chi connectivity index (χ4n) is 4.65. The van der Waals surface area contributed by atoms with Crippen LogP contribution in [0, 0.1) is 53.1 Å². The SMILES string of the molecule is Fc1c[c-]c(-n2nc3ccccc3n2)c(F)c1.Fc1c[c-]c(-n2nc3ccccc3n2)c(F)c1.Fc1c[c-]c(-n2nc3ccccc3n2)c(F)c1.[Ir+3]. The molecule has 0 bridgehead atoms. The van der Waals surface area contributed by atoms with Gasteiger partial charge in [0.1, 0.15) is 33.1 Å². The quantitative estimate of drug-likeness (QED) is 0.135. The fraction of sp³-hybridized carbons (Fsp3) is 0. The van der Waals surface area contributed by atoms with Gasteiger partial charge in [0.2, 0.25) is 0 Å². The summed E-state index contributed by atoms with van der Waals surface area (Å²) in [4.78, 5) is 3.33. The normalized spacial score (nSPS) is 10.7. The molecule has 16 heteroatoms. The second kappa shape index (κ2) is 15.3. The number of nitrogens with zero attached hydrogens (tertiary/aromatic N) is 9. The average molecular weight is 883 g/mol. The Bertz CT molecular complexity index is 2270. The van der Waals surface area contributed by atoms with Crippen LogP contribution in [-0.2, 0) is 20.1 Å². The molecule has 9 nitrogen and oxygen atoms in total. The van der Waals surface area contributed by atoms with Crippen LogP contribution in [0.3, 0.4) is 0 Å². The summed E-state index contributed by atoms with van der Waals surface area (Å²) in [5.74, 6) is -4.27. The fourth-order valence-corrected chi connectivity index (χ4v) is 4.65. The monoisotopic (exact) mass is 883 g/mol. The van der Waals surface area contributed by atoms with Crippen LogP contribution in [0.15, 0.2) is 109 Å². The molecule has 0 aliphatic carbocycles. The van der Waals surface area contributed by atoms with Gasteiger partial charge in [0.05, 0.1) is 0 Å². The Hall–Kier alpha value is -6.25. The van der Waals surface area contributed by atoms with Gasteiger partial charge in [-0.1, -0.05) is 36.4 Å². The Morgan fingerprint density at radius 3 is 0.769 bits per heavy atom. The number of halogens is 6. The van der Waals surface area contributed by atoms with E-state index in [9.17, 15) is 26.3 Å². The van der Waals surface area contributed by atoms with Crippen LogP contribution in [0.2, 0.25) is 0 Å². The van der Waals surface area contributed by atoms with Gasteiger partial charge in [-0.2, -0.15) is 45.0 Å². The number of fused-ring (bicyclic) bond motifs is 3. The molecule has 0 saturated carbocycles. The van der Waals surface area contributed by atoms with Crippen LogP contribution in [-0.4, -0.2) is 45.0 Å². The van der Waals surface area contributed by atoms with Crippen molar-refractivity contribution in [3.05, 3.63) is 162 Å². The van der Waals surface area contributed by atoms with Crippen LogP contribution < -0.4 is 0 Å². The first kappa shape index (κ1) is 35.6. The third kappa shape index (κ3) is 7.72. The van der Waals surface area contributed by atoms with E-state index in [0.717, 1.165) is 50.8 Å². The van der Waals surface area contributed by atoms with Crippen LogP contribution >= 0.6 is 0 Å². The number of hydrogen-bond acceptors (Lipinski definition) is 6. The summed E-state index contributed by atoms with van der Waals surface area (Å²) in [6.45, 7) is 0. The van der Waals surface area contributed by atoms with E-state index in [2.05, 4.69) is 48.8 Å². The van der Waals surface area contributed by atoms with Crippen LogP contribution in [0.1, 0.15) is 0 Å². The summed E-state index contributed by atoms with van der Waals surface area (Å²) in [6.07, 6.45) is 0. The Morgan fingerprint density at radius 1 is 0.365 bits per heavy atom. The van der Waals surface area contributed by atoms with Gasteiger partial charge in [0.15, 0.2) is 0 Å². The first-order chi connectivity index (χ1) is 24.7. The van der Waals surface area contributed by atoms with E-state index in [1.807, 2.05) is 36.4 Å². The van der Waals surface area contributed by atoms with Gasteiger partial charge in [-0.25, -0.2) is 0 Å². The van der Waals surface area contributed by atoms with Crippen molar-refractivity contribution >= 4 is 33.1 Å². The van der Waals surface area contributed by atoms with Gasteiger partial charge in [-0.05, 0) is 36.4 Å². The largest absolute Gasteiger partial charge is 3.00 e. The van der Waals surface area contributed by atoms with Crippen molar-refractivity contribution in [2.24, 2.45) is 0 Å². The van der Waals surface area contributed by atoms with Crippen molar-refractivity contribution < 1.29 is 46.4 Å². The molecule has 3 heterocycles. The predicted molar refractivity (Wildman–Crippen MR) is 173 cm³/mol. The summed E-state index contributed by atoms with van der Waals surface area (Å²) < 4.78 is 78.7. The van der Waals surface area contributed by atoms with Crippen molar-refractivity contribution in [1.82, 2.24) is 45.0 Å². The minimum Gasteiger partial charge on any atom is -0.284 e. The molecule has 0 fully saturated rings. The van der Waals surface area contributed by atoms with E-state index in [0.29, 0.717) is 33.1 Å². The zero-order valence-electron chi connectivity index (χ0n) is 26.0. The molecule has 258 valence electrons. The van der Waals surface area contributed by atoms with Gasteiger partial charge in [0, 0.05) is 52.0 Å². The summed E-state index contributed by atoms with van der Waals surface area (Å²) in [5, 5.41) is 24.5. The molecule has 6 aromatic carbocycles. The topological polar surface area (TPSA) is 92.1 Å². The minimum absolute atomic E-state index is 0. The van der Waals surface area contributed by atoms with Crippen LogP contribution in [0.25, 0.3) is 50.2 Å². The van der Waals surface area contributed by atoms with Crippen molar-refractivity contribution in [3.8, 4) is 17.1 Å². The molecule has 9 aromatic rings. The molecule has 0 amide bonds. The molecule has 52 heavy (non-hydrogen) atoms. The van der Waals surface area contributed by atoms with Gasteiger partial charge >= 0.3 is 20.1 Å². The van der Waals surface area contributed by atoms with E-state index in [-0.39, 0.29) is 37.2 Å². The Kier molecular flexibility index (Phi) is 10.5. The van der Waals surface area contributed by atoms with E-state index in [1.54, 1.807) is 36.4 Å². The number of rotatable bonds is 3. The van der Waals surface area contributed by atoms with Gasteiger partial charge in [0.25, 0.3) is 0 Å². The first-order valence-electron chi connectivity index (χ1n) is 14.8. The molecule has 0 N–H and O–H groups in total. The molecular weight excluding hydrogens is 865 g/mol. The molecule has 0 spiro atoms. The summed E-state index contributed by atoms with van der Waals surface area (Å²) >= 11 is 0. The molecule has 0 radical (unpaired) electrons. The van der Waals surface area contributed by atoms with Crippen molar-refractivity contribution in [3.63, 3.8) is 0 Å². The first-order valence-corrected chi connectivity index (χ1v) is 14.8. The molecule has 0 aliphatic rings. The Labute approximate surface area is 303 Å². The maximum atomic E-state index is 13.5. The predicted octanol–water partition coefficient (Wildman–Crippen LogP) is 7.49. The zero-order chi connectivity index (χ0) is 35.5. The van der Waals surface area contributed by atoms with E-state index >= 15 is 0 Å². The third-order valence-corrected chi connectivity index (χ3v) is 6.97. The molecule has 3 aromatic heterocycles. The minimum atomic E-state index is -0.745. The maximum Gasteiger partial charge on any atom is 3.00 e. The van der Waals surface area contributed by atoms with E-state index in [1.165, 1.54) is 0 Å². The van der Waals surface area contributed by atoms with Gasteiger partial charge in [-0.15, -0.1) is 54.6 Å². The summed E-state index contributed by atoms with van der Waals surface area (Å²) in [7, 11) is 0. The van der Waals surface area contributed by atoms with E-state index in [4.69, 9.17) is 0 Å². The van der Waals surface area contributed by atoms with Gasteiger partial charge < -0.3 is 0 Å². The van der Waals surface area contributed by atoms with Crippen LogP contribution in [0.4, 0.5) is 26.3 Å². The van der Waals surface area contributed by atoms with Crippen molar-refractivity contribution in [1.29, 1.82) is 0 Å². The van der Waals surface area contributed by atoms with E-state index < -0.39 is 34.9 Å². The standard InChI is InChI=1S/3C12H6F2N3.Ir/c3*13-8-5-6-12(9(14)7-8)17-15-10-3-1-2-4-11(10)16-17;/h3*1-5,7H;/q3*-1;+3. The Balaban J connectivity index is 0.000000133. The number of hydrogen-bond donors (Lipinski definition) is 0. The van der Waals surface area contributed by atoms with Crippen molar-refractivity contribution in [2.45, 2.75) is 0 Å². The molecule has 9 rings (SSSR count). The third-order valence-electron chi connectivity index (χ3n) is 6.97. The number of aromatic nitrogens is 9. The molecule has 0 aliphatic heterocycles. The zero-order valence-corrected chi connectivity index (χ0v) is 28.4. The molecule has 0 unspecified atom stereocenters. The van der Waals surface area contributed by atoms with Crippen LogP contribution in [0.5, 0.6) is 0 Å². The smallest absolute Gasteiger partial charge is 0.284 e. The summed E-state index contributed by atoms with van der Waals surface area (Å²) in [6, 6.07) is 34.3. The van der Waals surface area contributed by atoms with Crippen molar-refractivity contribution in [2.75, 3.05) is 0 Å². The Morgan fingerprint density at radius 2 is 0.577 bits per heavy atom. The molecule has 0 atom stereocenters. The maximum absolute atomic E-state index is 13.5. The summed E-state index contributed by atoms with van der Waals surface area (Å²) in [5.41, 5.74) is 3.87. The average Bonchev–Trinajstić information content (AvgIpc) is 3.85. The molecule has 0 saturated heterocycles. The van der Waals surface area contributed by atoms with Gasteiger partial charge in [-0.3, -0.25) is 26.3 Å². The molecular formula is C36H18F6IrN9. The number of benzene rings is 6. The second-order valence-corrected chi connectivity index (χ2v) is 10.5. The second-order valence-electron chi connectivity index (χ2n) is 10.5.